The Labute approximate surface area is 137 Å². The van der Waals surface area contributed by atoms with Crippen LogP contribution in [0.3, 0.4) is 0 Å². The maximum absolute atomic E-state index is 13.0. The first-order valence-electron chi connectivity index (χ1n) is 7.64. The van der Waals surface area contributed by atoms with Crippen LogP contribution in [0.25, 0.3) is 0 Å². The molecule has 1 unspecified atom stereocenters. The van der Waals surface area contributed by atoms with Crippen LogP contribution in [-0.2, 0) is 10.3 Å². The second-order valence-corrected chi connectivity index (χ2v) is 7.60. The van der Waals surface area contributed by atoms with Gasteiger partial charge in [-0.3, -0.25) is 4.79 Å². The third-order valence-electron chi connectivity index (χ3n) is 5.45. The summed E-state index contributed by atoms with van der Waals surface area (Å²) < 4.78 is 0. The van der Waals surface area contributed by atoms with E-state index in [2.05, 4.69) is 15.7 Å². The lowest BCUT2D eigenvalue weighted by molar-refractivity contribution is -0.127. The molecule has 0 radical (unpaired) electrons. The Balaban J connectivity index is 2.74. The van der Waals surface area contributed by atoms with E-state index in [4.69, 9.17) is 17.3 Å². The van der Waals surface area contributed by atoms with Gasteiger partial charge in [0.2, 0.25) is 0 Å². The van der Waals surface area contributed by atoms with Gasteiger partial charge in [0.1, 0.15) is 58.4 Å². The van der Waals surface area contributed by atoms with E-state index in [1.54, 1.807) is 0 Å². The third-order valence-corrected chi connectivity index (χ3v) is 5.92. The summed E-state index contributed by atoms with van der Waals surface area (Å²) in [6, 6.07) is 0. The molecule has 2 N–H and O–H groups in total. The molecule has 21 heavy (non-hydrogen) atoms. The number of hydrogen-bond donors (Lipinski definition) is 1. The van der Waals surface area contributed by atoms with Crippen LogP contribution in [0.1, 0.15) is 24.8 Å². The van der Waals surface area contributed by atoms with Crippen molar-refractivity contribution in [1.29, 1.82) is 0 Å². The summed E-state index contributed by atoms with van der Waals surface area (Å²) in [5.74, 6) is 0.119. The summed E-state index contributed by atoms with van der Waals surface area (Å²) in [5.41, 5.74) is 11.0. The minimum Gasteiger partial charge on any atom is -0.315 e. The zero-order valence-corrected chi connectivity index (χ0v) is 14.7. The van der Waals surface area contributed by atoms with Crippen molar-refractivity contribution in [2.75, 3.05) is 0 Å². The number of Topliss-reactive ketones (excluding diaryl/α,β-unsaturated/α-hetero) is 1. The fourth-order valence-corrected chi connectivity index (χ4v) is 4.13. The quantitative estimate of drug-likeness (QED) is 0.524. The van der Waals surface area contributed by atoms with Crippen LogP contribution < -0.4 is 27.6 Å². The first kappa shape index (κ1) is 16.9. The first-order chi connectivity index (χ1) is 9.54. The normalized spacial score (nSPS) is 25.0. The Bertz CT molecular complexity index is 606. The van der Waals surface area contributed by atoms with E-state index in [0.717, 1.165) is 29.3 Å². The summed E-state index contributed by atoms with van der Waals surface area (Å²) >= 11 is 6.62. The highest BCUT2D eigenvalue weighted by atomic mass is 35.5. The molecule has 2 nitrogen and oxygen atoms in total. The largest absolute Gasteiger partial charge is 0.315 e. The lowest BCUT2D eigenvalue weighted by Crippen LogP contribution is -2.60. The number of carbonyl (C=O) groups is 1. The SMILES string of the molecule is Bc1c(B)c(B)c(C2(N)CCCC(B)(B)C2=O)c(Cl)c1B. The lowest BCUT2D eigenvalue weighted by Gasteiger charge is -2.43. The summed E-state index contributed by atoms with van der Waals surface area (Å²) in [5, 5.41) is 0.291. The van der Waals surface area contributed by atoms with E-state index in [-0.39, 0.29) is 11.0 Å². The minimum absolute atomic E-state index is 0.119. The molecule has 1 atom stereocenters. The maximum Gasteiger partial charge on any atom is 0.147 e. The highest BCUT2D eigenvalue weighted by Crippen LogP contribution is 2.43. The molecule has 0 aromatic heterocycles. The molecule has 0 aliphatic heterocycles. The average Bonchev–Trinajstić information content (AvgIpc) is 2.40. The molecule has 9 heteroatoms. The number of ketones is 1. The molecule has 0 bridgehead atoms. The fraction of sp³-hybridized carbons (Fsp3) is 0.417. The maximum atomic E-state index is 13.0. The Morgan fingerprint density at radius 1 is 0.952 bits per heavy atom. The molecule has 0 spiro atoms. The van der Waals surface area contributed by atoms with Gasteiger partial charge in [-0.1, -0.05) is 35.4 Å². The van der Waals surface area contributed by atoms with Crippen LogP contribution in [0, 0.1) is 0 Å². The van der Waals surface area contributed by atoms with Crippen LogP contribution in [0.5, 0.6) is 0 Å². The van der Waals surface area contributed by atoms with E-state index in [9.17, 15) is 4.79 Å². The van der Waals surface area contributed by atoms with Crippen molar-refractivity contribution in [1.82, 2.24) is 0 Å². The molecule has 1 saturated carbocycles. The summed E-state index contributed by atoms with van der Waals surface area (Å²) in [4.78, 5) is 13.0. The van der Waals surface area contributed by atoms with Gasteiger partial charge >= 0.3 is 0 Å². The molecule has 104 valence electrons. The number of nitrogens with two attached hydrogens (primary N) is 1. The Kier molecular flexibility index (Phi) is 4.27. The predicted octanol–water partition coefficient (Wildman–Crippen LogP) is -6.34. The zero-order chi connectivity index (χ0) is 16.2. The Morgan fingerprint density at radius 3 is 2.05 bits per heavy atom. The van der Waals surface area contributed by atoms with Crippen LogP contribution >= 0.6 is 11.6 Å². The summed E-state index contributed by atoms with van der Waals surface area (Å²) in [6.45, 7) is 0. The number of carbonyl (C=O) groups excluding carboxylic acids is 1. The van der Waals surface area contributed by atoms with Gasteiger partial charge in [0.25, 0.3) is 0 Å². The van der Waals surface area contributed by atoms with Crippen LogP contribution in [0.15, 0.2) is 0 Å². The second kappa shape index (κ2) is 5.31. The zero-order valence-electron chi connectivity index (χ0n) is 14.0. The number of halogens is 1. The van der Waals surface area contributed by atoms with Gasteiger partial charge in [-0.15, -0.1) is 10.9 Å². The molecular weight excluding hydrogens is 274 g/mol. The van der Waals surface area contributed by atoms with Gasteiger partial charge in [-0.2, -0.15) is 0 Å². The van der Waals surface area contributed by atoms with Gasteiger partial charge in [-0.25, -0.2) is 0 Å². The topological polar surface area (TPSA) is 43.1 Å². The number of rotatable bonds is 1. The summed E-state index contributed by atoms with van der Waals surface area (Å²) in [6.07, 6.45) is 2.53. The number of benzene rings is 1. The van der Waals surface area contributed by atoms with Crippen LogP contribution in [0.4, 0.5) is 0 Å². The van der Waals surface area contributed by atoms with Crippen molar-refractivity contribution in [3.63, 3.8) is 0 Å². The van der Waals surface area contributed by atoms with E-state index in [0.29, 0.717) is 11.4 Å². The predicted molar refractivity (Wildman–Crippen MR) is 109 cm³/mol. The smallest absolute Gasteiger partial charge is 0.147 e. The Hall–Kier alpha value is -0.470. The minimum atomic E-state index is -0.952. The van der Waals surface area contributed by atoms with Crippen molar-refractivity contribution in [3.05, 3.63) is 10.6 Å². The van der Waals surface area contributed by atoms with Gasteiger partial charge < -0.3 is 5.73 Å². The monoisotopic (exact) mass is 295 g/mol. The van der Waals surface area contributed by atoms with Gasteiger partial charge in [0.15, 0.2) is 0 Å². The van der Waals surface area contributed by atoms with E-state index in [1.165, 1.54) is 10.9 Å². The van der Waals surface area contributed by atoms with Crippen molar-refractivity contribution >= 4 is 86.3 Å². The molecule has 2 rings (SSSR count). The van der Waals surface area contributed by atoms with Crippen LogP contribution in [-0.4, -0.2) is 52.9 Å². The first-order valence-corrected chi connectivity index (χ1v) is 8.02. The highest BCUT2D eigenvalue weighted by Gasteiger charge is 2.48. The Morgan fingerprint density at radius 2 is 1.48 bits per heavy atom. The molecule has 1 aromatic rings. The van der Waals surface area contributed by atoms with Gasteiger partial charge in [0.05, 0.1) is 0 Å². The average molecular weight is 295 g/mol. The highest BCUT2D eigenvalue weighted by molar-refractivity contribution is 6.66. The molecule has 1 aliphatic rings. The van der Waals surface area contributed by atoms with E-state index in [1.807, 2.05) is 31.4 Å². The summed E-state index contributed by atoms with van der Waals surface area (Å²) in [7, 11) is 12.2. The van der Waals surface area contributed by atoms with Gasteiger partial charge in [0, 0.05) is 5.02 Å². The molecule has 1 fully saturated rings. The van der Waals surface area contributed by atoms with Crippen molar-refractivity contribution in [2.24, 2.45) is 5.73 Å². The van der Waals surface area contributed by atoms with Crippen LogP contribution in [0.2, 0.25) is 10.2 Å². The standard InChI is InChI=1S/C12H20B6ClNO/c13-5-4(9(19)8(16)7(15)6(5)14)11(20)2-1-3-12(17,18)10(11)21/h1-3,13-18,20H2. The van der Waals surface area contributed by atoms with Crippen molar-refractivity contribution in [2.45, 2.75) is 30.0 Å². The van der Waals surface area contributed by atoms with Crippen molar-refractivity contribution < 1.29 is 4.79 Å². The lowest BCUT2D eigenvalue weighted by atomic mass is 9.43. The van der Waals surface area contributed by atoms with Crippen molar-refractivity contribution in [3.8, 4) is 0 Å². The molecule has 0 heterocycles. The van der Waals surface area contributed by atoms with E-state index >= 15 is 0 Å². The molecule has 0 amide bonds. The molecule has 0 saturated heterocycles. The fourth-order valence-electron chi connectivity index (χ4n) is 3.68. The second-order valence-electron chi connectivity index (χ2n) is 7.23. The van der Waals surface area contributed by atoms with E-state index < -0.39 is 5.54 Å². The third kappa shape index (κ3) is 2.45. The molecular formula is C12H20B6ClNO. The molecule has 1 aromatic carbocycles. The van der Waals surface area contributed by atoms with Gasteiger partial charge in [-0.05, 0) is 17.2 Å². The number of hydrogen-bond acceptors (Lipinski definition) is 2. The molecule has 1 aliphatic carbocycles.